The number of nitrogens with two attached hydrogens (primary N) is 1. The largest absolute Gasteiger partial charge is 0.481 e. The number of carboxylic acids is 1. The molecule has 10 nitrogen and oxygen atoms in total. The molecule has 3 N–H and O–H groups in total. The van der Waals surface area contributed by atoms with Crippen LogP contribution in [0, 0.1) is 17.2 Å². The van der Waals surface area contributed by atoms with Gasteiger partial charge >= 0.3 is 5.97 Å². The standard InChI is InChI=1S/C29H30N8O2/c1-2-27(36-11-9-20(10-12-36)29(38)39)24-8-4-7-23(32-24)17-37-18-26(34-35-37)22-14-25(33-28(31)15-22)21-6-3-5-19(13-21)16-30/h3-8,13-15,18,20,27H,2,9-12,17H2,1H3,(H2,31,33)(H,38,39)/t27-/m0/s1. The van der Waals surface area contributed by atoms with E-state index in [0.29, 0.717) is 42.2 Å². The van der Waals surface area contributed by atoms with Gasteiger partial charge in [-0.25, -0.2) is 9.67 Å². The van der Waals surface area contributed by atoms with E-state index in [1.807, 2.05) is 42.6 Å². The van der Waals surface area contributed by atoms with Crippen LogP contribution in [0.15, 0.2) is 60.8 Å². The molecule has 1 fully saturated rings. The van der Waals surface area contributed by atoms with Crippen molar-refractivity contribution in [2.75, 3.05) is 18.8 Å². The second kappa shape index (κ2) is 11.4. The van der Waals surface area contributed by atoms with Crippen molar-refractivity contribution in [1.82, 2.24) is 29.9 Å². The fraction of sp³-hybridized carbons (Fsp3) is 0.310. The van der Waals surface area contributed by atoms with Crippen LogP contribution < -0.4 is 5.73 Å². The van der Waals surface area contributed by atoms with Gasteiger partial charge in [0, 0.05) is 11.1 Å². The number of hydrogen-bond acceptors (Lipinski definition) is 8. The molecule has 1 aliphatic heterocycles. The lowest BCUT2D eigenvalue weighted by Gasteiger charge is -2.36. The van der Waals surface area contributed by atoms with E-state index in [-0.39, 0.29) is 12.0 Å². The summed E-state index contributed by atoms with van der Waals surface area (Å²) in [6.45, 7) is 4.10. The van der Waals surface area contributed by atoms with Gasteiger partial charge in [0.15, 0.2) is 0 Å². The maximum Gasteiger partial charge on any atom is 0.306 e. The number of aromatic nitrogens is 5. The van der Waals surface area contributed by atoms with Crippen molar-refractivity contribution in [3.05, 3.63) is 77.7 Å². The molecule has 1 atom stereocenters. The lowest BCUT2D eigenvalue weighted by molar-refractivity contribution is -0.143. The highest BCUT2D eigenvalue weighted by Crippen LogP contribution is 2.29. The minimum absolute atomic E-state index is 0.142. The summed E-state index contributed by atoms with van der Waals surface area (Å²) in [4.78, 5) is 23.1. The van der Waals surface area contributed by atoms with E-state index in [1.165, 1.54) is 0 Å². The predicted molar refractivity (Wildman–Crippen MR) is 146 cm³/mol. The van der Waals surface area contributed by atoms with Gasteiger partial charge in [-0.05, 0) is 68.8 Å². The number of benzene rings is 1. The molecule has 0 spiro atoms. The first kappa shape index (κ1) is 26.0. The number of hydrogen-bond donors (Lipinski definition) is 2. The van der Waals surface area contributed by atoms with Crippen molar-refractivity contribution in [2.45, 2.75) is 38.8 Å². The summed E-state index contributed by atoms with van der Waals surface area (Å²) in [7, 11) is 0. The number of nitrogen functional groups attached to an aromatic ring is 1. The van der Waals surface area contributed by atoms with Crippen molar-refractivity contribution in [3.63, 3.8) is 0 Å². The van der Waals surface area contributed by atoms with Gasteiger partial charge in [0.25, 0.3) is 0 Å². The Hall–Kier alpha value is -4.62. The topological polar surface area (TPSA) is 147 Å². The molecule has 0 bridgehead atoms. The smallest absolute Gasteiger partial charge is 0.306 e. The van der Waals surface area contributed by atoms with Crippen molar-refractivity contribution in [2.24, 2.45) is 5.92 Å². The Labute approximate surface area is 226 Å². The van der Waals surface area contributed by atoms with Crippen LogP contribution in [0.3, 0.4) is 0 Å². The van der Waals surface area contributed by atoms with Crippen molar-refractivity contribution in [3.8, 4) is 28.6 Å². The number of piperidine rings is 1. The lowest BCUT2D eigenvalue weighted by Crippen LogP contribution is -2.39. The number of nitrogens with zero attached hydrogens (tertiary/aromatic N) is 7. The van der Waals surface area contributed by atoms with Gasteiger partial charge in [0.1, 0.15) is 11.5 Å². The third-order valence-corrected chi connectivity index (χ3v) is 7.17. The van der Waals surface area contributed by atoms with Gasteiger partial charge in [-0.15, -0.1) is 5.10 Å². The fourth-order valence-corrected chi connectivity index (χ4v) is 5.15. The zero-order chi connectivity index (χ0) is 27.4. The number of anilines is 1. The van der Waals surface area contributed by atoms with Gasteiger partial charge in [0.05, 0.1) is 53.4 Å². The molecule has 10 heteroatoms. The zero-order valence-corrected chi connectivity index (χ0v) is 21.7. The monoisotopic (exact) mass is 522 g/mol. The number of nitriles is 1. The highest BCUT2D eigenvalue weighted by atomic mass is 16.4. The second-order valence-electron chi connectivity index (χ2n) is 9.79. The molecule has 0 amide bonds. The first-order chi connectivity index (χ1) is 18.9. The molecule has 3 aromatic heterocycles. The average Bonchev–Trinajstić information content (AvgIpc) is 3.42. The predicted octanol–water partition coefficient (Wildman–Crippen LogP) is 4.15. The van der Waals surface area contributed by atoms with E-state index in [0.717, 1.165) is 42.0 Å². The quantitative estimate of drug-likeness (QED) is 0.348. The number of carboxylic acid groups (broad SMARTS) is 1. The van der Waals surface area contributed by atoms with Crippen LogP contribution in [0.4, 0.5) is 5.82 Å². The molecule has 5 rings (SSSR count). The van der Waals surface area contributed by atoms with Crippen LogP contribution >= 0.6 is 0 Å². The van der Waals surface area contributed by atoms with Crippen LogP contribution in [-0.4, -0.2) is 54.0 Å². The molecule has 1 aliphatic rings. The number of carbonyl (C=O) groups is 1. The fourth-order valence-electron chi connectivity index (χ4n) is 5.15. The molecule has 1 saturated heterocycles. The highest BCUT2D eigenvalue weighted by molar-refractivity contribution is 5.72. The highest BCUT2D eigenvalue weighted by Gasteiger charge is 2.29. The molecule has 0 saturated carbocycles. The van der Waals surface area contributed by atoms with E-state index in [1.54, 1.807) is 22.9 Å². The molecule has 198 valence electrons. The zero-order valence-electron chi connectivity index (χ0n) is 21.7. The van der Waals surface area contributed by atoms with E-state index < -0.39 is 5.97 Å². The van der Waals surface area contributed by atoms with Crippen LogP contribution in [0.5, 0.6) is 0 Å². The van der Waals surface area contributed by atoms with E-state index in [4.69, 9.17) is 10.7 Å². The molecular formula is C29H30N8O2. The van der Waals surface area contributed by atoms with Gasteiger partial charge in [0.2, 0.25) is 0 Å². The second-order valence-corrected chi connectivity index (χ2v) is 9.79. The summed E-state index contributed by atoms with van der Waals surface area (Å²) in [6, 6.07) is 19.2. The molecule has 0 unspecified atom stereocenters. The summed E-state index contributed by atoms with van der Waals surface area (Å²) < 4.78 is 1.74. The number of rotatable bonds is 8. The van der Waals surface area contributed by atoms with Crippen molar-refractivity contribution in [1.29, 1.82) is 5.26 Å². The molecule has 1 aromatic carbocycles. The molecule has 0 aliphatic carbocycles. The summed E-state index contributed by atoms with van der Waals surface area (Å²) >= 11 is 0. The third-order valence-electron chi connectivity index (χ3n) is 7.17. The summed E-state index contributed by atoms with van der Waals surface area (Å²) in [6.07, 6.45) is 4.08. The minimum atomic E-state index is -0.700. The molecule has 39 heavy (non-hydrogen) atoms. The first-order valence-corrected chi connectivity index (χ1v) is 13.0. The number of likely N-dealkylation sites (tertiary alicyclic amines) is 1. The van der Waals surface area contributed by atoms with Crippen LogP contribution in [0.25, 0.3) is 22.5 Å². The van der Waals surface area contributed by atoms with Crippen molar-refractivity contribution >= 4 is 11.8 Å². The Kier molecular flexibility index (Phi) is 7.61. The van der Waals surface area contributed by atoms with Gasteiger partial charge in [-0.2, -0.15) is 5.26 Å². The Bertz CT molecular complexity index is 1520. The molecule has 0 radical (unpaired) electrons. The first-order valence-electron chi connectivity index (χ1n) is 13.0. The third kappa shape index (κ3) is 5.94. The Morgan fingerprint density at radius 3 is 2.64 bits per heavy atom. The van der Waals surface area contributed by atoms with E-state index in [2.05, 4.69) is 33.2 Å². The van der Waals surface area contributed by atoms with Gasteiger partial charge in [-0.1, -0.05) is 30.3 Å². The average molecular weight is 523 g/mol. The summed E-state index contributed by atoms with van der Waals surface area (Å²) in [5, 5.41) is 27.2. The summed E-state index contributed by atoms with van der Waals surface area (Å²) in [5.41, 5.74) is 11.4. The lowest BCUT2D eigenvalue weighted by atomic mass is 9.94. The number of pyridine rings is 2. The Balaban J connectivity index is 1.32. The van der Waals surface area contributed by atoms with E-state index in [9.17, 15) is 15.2 Å². The van der Waals surface area contributed by atoms with Crippen LogP contribution in [-0.2, 0) is 11.3 Å². The van der Waals surface area contributed by atoms with Crippen LogP contribution in [0.1, 0.15) is 49.2 Å². The minimum Gasteiger partial charge on any atom is -0.481 e. The Morgan fingerprint density at radius 2 is 1.90 bits per heavy atom. The maximum atomic E-state index is 11.3. The van der Waals surface area contributed by atoms with Gasteiger partial charge < -0.3 is 10.8 Å². The SMILES string of the molecule is CC[C@@H](c1cccc(Cn2cc(-c3cc(N)nc(-c4cccc(C#N)c4)c3)nn2)n1)N1CCC(C(=O)O)CC1. The molecule has 4 aromatic rings. The normalized spacial score (nSPS) is 15.1. The number of aliphatic carboxylic acids is 1. The van der Waals surface area contributed by atoms with E-state index >= 15 is 0 Å². The maximum absolute atomic E-state index is 11.3. The van der Waals surface area contributed by atoms with Crippen molar-refractivity contribution < 1.29 is 9.90 Å². The summed E-state index contributed by atoms with van der Waals surface area (Å²) in [5.74, 6) is -0.602. The Morgan fingerprint density at radius 1 is 1.10 bits per heavy atom. The van der Waals surface area contributed by atoms with Crippen LogP contribution in [0.2, 0.25) is 0 Å². The molecule has 4 heterocycles. The van der Waals surface area contributed by atoms with Gasteiger partial charge in [-0.3, -0.25) is 14.7 Å². The molecular weight excluding hydrogens is 492 g/mol.